The van der Waals surface area contributed by atoms with Gasteiger partial charge in [-0.25, -0.2) is 0 Å². The highest BCUT2D eigenvalue weighted by atomic mass is 79.9. The quantitative estimate of drug-likeness (QED) is 0.893. The number of hydrogen-bond acceptors (Lipinski definition) is 2. The van der Waals surface area contributed by atoms with Gasteiger partial charge in [0.1, 0.15) is 0 Å². The maximum Gasteiger partial charge on any atom is 0.240 e. The highest BCUT2D eigenvalue weighted by molar-refractivity contribution is 9.10. The summed E-state index contributed by atoms with van der Waals surface area (Å²) in [6.07, 6.45) is 2.85. The Bertz CT molecular complexity index is 438. The van der Waals surface area contributed by atoms with Gasteiger partial charge in [0.15, 0.2) is 0 Å². The average Bonchev–Trinajstić information content (AvgIpc) is 2.89. The van der Waals surface area contributed by atoms with Gasteiger partial charge in [-0.15, -0.1) is 0 Å². The lowest BCUT2D eigenvalue weighted by molar-refractivity contribution is -0.128. The zero-order chi connectivity index (χ0) is 13.9. The molecule has 1 unspecified atom stereocenters. The Labute approximate surface area is 123 Å². The summed E-state index contributed by atoms with van der Waals surface area (Å²) < 4.78 is 1.05. The Kier molecular flexibility index (Phi) is 4.63. The van der Waals surface area contributed by atoms with E-state index in [4.69, 9.17) is 0 Å². The molecule has 1 aliphatic rings. The number of carbonyl (C=O) groups is 1. The van der Waals surface area contributed by atoms with Crippen LogP contribution < -0.4 is 10.6 Å². The van der Waals surface area contributed by atoms with Crippen LogP contribution in [-0.2, 0) is 4.79 Å². The summed E-state index contributed by atoms with van der Waals surface area (Å²) in [4.78, 5) is 12.5. The number of nitrogens with one attached hydrogen (secondary N) is 2. The number of halogens is 1. The molecule has 2 rings (SSSR count). The van der Waals surface area contributed by atoms with E-state index < -0.39 is 0 Å². The van der Waals surface area contributed by atoms with E-state index in [1.165, 1.54) is 0 Å². The minimum Gasteiger partial charge on any atom is -0.348 e. The van der Waals surface area contributed by atoms with Crippen LogP contribution in [0.15, 0.2) is 28.7 Å². The molecule has 3 nitrogen and oxygen atoms in total. The van der Waals surface area contributed by atoms with Gasteiger partial charge in [-0.2, -0.15) is 0 Å². The second kappa shape index (κ2) is 6.06. The van der Waals surface area contributed by atoms with E-state index in [1.807, 2.05) is 31.2 Å². The van der Waals surface area contributed by atoms with Crippen molar-refractivity contribution in [1.82, 2.24) is 10.6 Å². The number of amides is 1. The molecule has 2 atom stereocenters. The van der Waals surface area contributed by atoms with Crippen LogP contribution in [0, 0.1) is 0 Å². The highest BCUT2D eigenvalue weighted by Crippen LogP contribution is 2.25. The molecule has 1 aromatic rings. The average molecular weight is 325 g/mol. The van der Waals surface area contributed by atoms with Crippen LogP contribution in [0.25, 0.3) is 0 Å². The molecule has 104 valence electrons. The first-order chi connectivity index (χ1) is 9.07. The van der Waals surface area contributed by atoms with Gasteiger partial charge < -0.3 is 10.6 Å². The van der Waals surface area contributed by atoms with Crippen molar-refractivity contribution in [3.63, 3.8) is 0 Å². The predicted octanol–water partition coefficient (Wildman–Crippen LogP) is 3.16. The predicted molar refractivity (Wildman–Crippen MR) is 81.0 cm³/mol. The van der Waals surface area contributed by atoms with Crippen LogP contribution in [-0.4, -0.2) is 18.0 Å². The Morgan fingerprint density at radius 3 is 2.68 bits per heavy atom. The first-order valence-electron chi connectivity index (χ1n) is 6.89. The fraction of sp³-hybridized carbons (Fsp3) is 0.533. The van der Waals surface area contributed by atoms with E-state index in [9.17, 15) is 4.79 Å². The van der Waals surface area contributed by atoms with Crippen LogP contribution in [0.3, 0.4) is 0 Å². The fourth-order valence-corrected chi connectivity index (χ4v) is 2.90. The molecule has 0 aliphatic carbocycles. The third kappa shape index (κ3) is 3.18. The molecule has 4 heteroatoms. The Morgan fingerprint density at radius 2 is 2.16 bits per heavy atom. The number of benzene rings is 1. The molecule has 19 heavy (non-hydrogen) atoms. The zero-order valence-corrected chi connectivity index (χ0v) is 13.1. The van der Waals surface area contributed by atoms with E-state index in [2.05, 4.69) is 33.5 Å². The maximum absolute atomic E-state index is 12.5. The lowest BCUT2D eigenvalue weighted by Crippen LogP contribution is -2.53. The molecule has 0 saturated carbocycles. The minimum atomic E-state index is -0.358. The zero-order valence-electron chi connectivity index (χ0n) is 11.5. The largest absolute Gasteiger partial charge is 0.348 e. The van der Waals surface area contributed by atoms with Gasteiger partial charge in [0.05, 0.1) is 11.6 Å². The van der Waals surface area contributed by atoms with Crippen molar-refractivity contribution < 1.29 is 4.79 Å². The maximum atomic E-state index is 12.5. The van der Waals surface area contributed by atoms with Crippen molar-refractivity contribution >= 4 is 21.8 Å². The van der Waals surface area contributed by atoms with Crippen molar-refractivity contribution in [2.75, 3.05) is 6.54 Å². The summed E-state index contributed by atoms with van der Waals surface area (Å²) in [6, 6.07) is 8.11. The number of hydrogen-bond donors (Lipinski definition) is 2. The Hall–Kier alpha value is -0.870. The van der Waals surface area contributed by atoms with Gasteiger partial charge in [0, 0.05) is 4.47 Å². The molecule has 1 amide bonds. The molecule has 1 heterocycles. The lowest BCUT2D eigenvalue weighted by atomic mass is 9.92. The highest BCUT2D eigenvalue weighted by Gasteiger charge is 2.39. The van der Waals surface area contributed by atoms with Gasteiger partial charge in [0.2, 0.25) is 5.91 Å². The summed E-state index contributed by atoms with van der Waals surface area (Å²) in [5.74, 6) is 0.128. The smallest absolute Gasteiger partial charge is 0.240 e. The summed E-state index contributed by atoms with van der Waals surface area (Å²) in [5.41, 5.74) is 0.768. The van der Waals surface area contributed by atoms with Gasteiger partial charge in [-0.1, -0.05) is 35.0 Å². The van der Waals surface area contributed by atoms with Gasteiger partial charge in [-0.3, -0.25) is 4.79 Å². The van der Waals surface area contributed by atoms with Gasteiger partial charge >= 0.3 is 0 Å². The topological polar surface area (TPSA) is 41.1 Å². The molecule has 1 fully saturated rings. The molecule has 0 bridgehead atoms. The van der Waals surface area contributed by atoms with Crippen LogP contribution in [0.2, 0.25) is 0 Å². The van der Waals surface area contributed by atoms with Crippen molar-refractivity contribution in [3.05, 3.63) is 34.3 Å². The number of carbonyl (C=O) groups excluding carboxylic acids is 1. The molecular weight excluding hydrogens is 304 g/mol. The minimum absolute atomic E-state index is 0.0337. The summed E-state index contributed by atoms with van der Waals surface area (Å²) in [6.45, 7) is 5.04. The first-order valence-corrected chi connectivity index (χ1v) is 7.68. The van der Waals surface area contributed by atoms with Crippen LogP contribution in [0.5, 0.6) is 0 Å². The summed E-state index contributed by atoms with van der Waals surface area (Å²) >= 11 is 3.42. The number of rotatable bonds is 4. The molecule has 0 radical (unpaired) electrons. The van der Waals surface area contributed by atoms with Gasteiger partial charge in [-0.05, 0) is 50.4 Å². The summed E-state index contributed by atoms with van der Waals surface area (Å²) in [5, 5.41) is 6.50. The molecule has 1 aromatic carbocycles. The van der Waals surface area contributed by atoms with Crippen LogP contribution in [0.4, 0.5) is 0 Å². The fourth-order valence-electron chi connectivity index (χ4n) is 2.63. The van der Waals surface area contributed by atoms with E-state index in [0.717, 1.165) is 35.8 Å². The molecule has 2 N–H and O–H groups in total. The second-order valence-electron chi connectivity index (χ2n) is 5.21. The SMILES string of the molecule is CCC1(C(=O)N[C@@H](C)c2ccc(Br)cc2)CCCN1. The third-order valence-corrected chi connectivity index (χ3v) is 4.53. The van der Waals surface area contributed by atoms with E-state index in [-0.39, 0.29) is 17.5 Å². The molecule has 1 saturated heterocycles. The van der Waals surface area contributed by atoms with Crippen molar-refractivity contribution in [2.24, 2.45) is 0 Å². The molecule has 1 aliphatic heterocycles. The van der Waals surface area contributed by atoms with E-state index in [1.54, 1.807) is 0 Å². The van der Waals surface area contributed by atoms with E-state index >= 15 is 0 Å². The second-order valence-corrected chi connectivity index (χ2v) is 6.13. The summed E-state index contributed by atoms with van der Waals surface area (Å²) in [7, 11) is 0. The molecule has 0 aromatic heterocycles. The van der Waals surface area contributed by atoms with Crippen molar-refractivity contribution in [3.8, 4) is 0 Å². The Balaban J connectivity index is 2.04. The normalized spacial score (nSPS) is 24.2. The first kappa shape index (κ1) is 14.5. The molecule has 0 spiro atoms. The monoisotopic (exact) mass is 324 g/mol. The Morgan fingerprint density at radius 1 is 1.47 bits per heavy atom. The molecular formula is C15H21BrN2O. The van der Waals surface area contributed by atoms with Crippen molar-refractivity contribution in [2.45, 2.75) is 44.7 Å². The van der Waals surface area contributed by atoms with Crippen LogP contribution >= 0.6 is 15.9 Å². The standard InChI is InChI=1S/C15H21BrN2O/c1-3-15(9-4-10-17-15)14(19)18-11(2)12-5-7-13(16)8-6-12/h5-8,11,17H,3-4,9-10H2,1-2H3,(H,18,19)/t11-,15?/m0/s1. The third-order valence-electron chi connectivity index (χ3n) is 4.00. The van der Waals surface area contributed by atoms with E-state index in [0.29, 0.717) is 0 Å². The van der Waals surface area contributed by atoms with Crippen molar-refractivity contribution in [1.29, 1.82) is 0 Å². The van der Waals surface area contributed by atoms with Gasteiger partial charge in [0.25, 0.3) is 0 Å². The lowest BCUT2D eigenvalue weighted by Gasteiger charge is -2.28. The van der Waals surface area contributed by atoms with Crippen LogP contribution in [0.1, 0.15) is 44.7 Å².